The van der Waals surface area contributed by atoms with Gasteiger partial charge in [-0.2, -0.15) is 0 Å². The molecular formula is C35H41ClN6O6. The van der Waals surface area contributed by atoms with Crippen LogP contribution in [0, 0.1) is 5.92 Å². The number of hydrogen-bond acceptors (Lipinski definition) is 9. The van der Waals surface area contributed by atoms with Crippen molar-refractivity contribution < 1.29 is 28.6 Å². The minimum Gasteiger partial charge on any atom is -0.496 e. The summed E-state index contributed by atoms with van der Waals surface area (Å²) in [6.45, 7) is 2.37. The second kappa shape index (κ2) is 15.8. The van der Waals surface area contributed by atoms with Crippen LogP contribution in [0.3, 0.4) is 0 Å². The van der Waals surface area contributed by atoms with Crippen molar-refractivity contribution in [1.82, 2.24) is 25.5 Å². The summed E-state index contributed by atoms with van der Waals surface area (Å²) in [6, 6.07) is 12.8. The lowest BCUT2D eigenvalue weighted by Gasteiger charge is -2.38. The van der Waals surface area contributed by atoms with Gasteiger partial charge in [0.1, 0.15) is 11.8 Å². The highest BCUT2D eigenvalue weighted by Gasteiger charge is 2.42. The first-order valence-corrected chi connectivity index (χ1v) is 16.8. The molecule has 2 saturated carbocycles. The van der Waals surface area contributed by atoms with Crippen molar-refractivity contribution in [3.05, 3.63) is 76.6 Å². The first-order chi connectivity index (χ1) is 23.4. The maximum atomic E-state index is 14.1. The Morgan fingerprint density at radius 1 is 1.06 bits per heavy atom. The molecule has 0 unspecified atom stereocenters. The lowest BCUT2D eigenvalue weighted by atomic mass is 10.1. The molecule has 13 heteroatoms. The van der Waals surface area contributed by atoms with Gasteiger partial charge in [0.05, 0.1) is 51.6 Å². The third kappa shape index (κ3) is 8.60. The van der Waals surface area contributed by atoms with Crippen LogP contribution in [0.5, 0.6) is 11.8 Å². The van der Waals surface area contributed by atoms with Crippen molar-refractivity contribution in [3.8, 4) is 11.8 Å². The number of amides is 3. The van der Waals surface area contributed by atoms with E-state index in [2.05, 4.69) is 20.6 Å². The molecule has 6 rings (SSSR count). The number of ether oxygens (including phenoxy) is 3. The van der Waals surface area contributed by atoms with Gasteiger partial charge in [-0.15, -0.1) is 0 Å². The van der Waals surface area contributed by atoms with Gasteiger partial charge in [-0.05, 0) is 48.9 Å². The molecule has 3 aliphatic rings. The van der Waals surface area contributed by atoms with Gasteiger partial charge >= 0.3 is 6.01 Å². The third-order valence-corrected chi connectivity index (χ3v) is 8.99. The van der Waals surface area contributed by atoms with Crippen LogP contribution in [-0.2, 0) is 38.8 Å². The lowest BCUT2D eigenvalue weighted by molar-refractivity contribution is -0.136. The molecule has 3 aromatic rings. The molecule has 3 amide bonds. The van der Waals surface area contributed by atoms with Crippen LogP contribution in [0.2, 0.25) is 5.02 Å². The largest absolute Gasteiger partial charge is 0.496 e. The summed E-state index contributed by atoms with van der Waals surface area (Å²) in [5.41, 5.74) is 3.12. The standard InChI is InChI=1S/C35H41ClN6O6/c1-46-31-6-3-2-5-25(31)22-47-13-4-14-48-35-39-17-28(18-40-35)42-30(19-37-20-32(42)43)34(45)41(27-10-11-27)21-26-15-23(7-12-29(26)36)16-38-33(44)24-8-9-24/h2-3,5-7,12,15,17-18,24,27,30,37H,4,8-11,13-14,16,19-22H2,1H3,(H,38,44)/t30-/m1/s1. The molecule has 1 saturated heterocycles. The third-order valence-electron chi connectivity index (χ3n) is 8.62. The number of anilines is 1. The Balaban J connectivity index is 1.05. The second-order valence-electron chi connectivity index (χ2n) is 12.3. The van der Waals surface area contributed by atoms with E-state index < -0.39 is 6.04 Å². The SMILES string of the molecule is COc1ccccc1COCCCOc1ncc(N2C(=O)CNC[C@@H]2C(=O)N(Cc2cc(CNC(=O)C3CC3)ccc2Cl)C2CC2)cn1. The molecule has 3 fully saturated rings. The van der Waals surface area contributed by atoms with E-state index in [1.54, 1.807) is 13.2 Å². The summed E-state index contributed by atoms with van der Waals surface area (Å²) in [5, 5.41) is 6.62. The fraction of sp³-hybridized carbons (Fsp3) is 0.457. The summed E-state index contributed by atoms with van der Waals surface area (Å²) >= 11 is 6.60. The highest BCUT2D eigenvalue weighted by atomic mass is 35.5. The molecule has 1 aromatic heterocycles. The minimum atomic E-state index is -0.776. The first kappa shape index (κ1) is 33.6. The Morgan fingerprint density at radius 2 is 1.85 bits per heavy atom. The zero-order valence-electron chi connectivity index (χ0n) is 27.0. The van der Waals surface area contributed by atoms with Gasteiger partial charge in [0, 0.05) is 48.6 Å². The zero-order valence-corrected chi connectivity index (χ0v) is 27.8. The molecule has 0 spiro atoms. The lowest BCUT2D eigenvalue weighted by Crippen LogP contribution is -2.61. The first-order valence-electron chi connectivity index (χ1n) is 16.4. The Morgan fingerprint density at radius 3 is 2.60 bits per heavy atom. The van der Waals surface area contributed by atoms with E-state index >= 15 is 0 Å². The van der Waals surface area contributed by atoms with E-state index in [1.165, 1.54) is 17.3 Å². The van der Waals surface area contributed by atoms with Crippen molar-refractivity contribution >= 4 is 35.0 Å². The molecule has 2 heterocycles. The number of hydrogen-bond donors (Lipinski definition) is 2. The molecule has 48 heavy (non-hydrogen) atoms. The molecule has 0 bridgehead atoms. The van der Waals surface area contributed by atoms with Crippen molar-refractivity contribution in [1.29, 1.82) is 0 Å². The number of nitrogens with zero attached hydrogens (tertiary/aromatic N) is 4. The Kier molecular flexibility index (Phi) is 11.0. The normalized spacial score (nSPS) is 17.6. The molecule has 2 N–H and O–H groups in total. The Labute approximate surface area is 285 Å². The molecule has 254 valence electrons. The van der Waals surface area contributed by atoms with Crippen LogP contribution in [0.1, 0.15) is 48.8 Å². The number of nitrogens with one attached hydrogen (secondary N) is 2. The fourth-order valence-corrected chi connectivity index (χ4v) is 5.89. The molecule has 1 aliphatic heterocycles. The number of methoxy groups -OCH3 is 1. The van der Waals surface area contributed by atoms with Crippen LogP contribution >= 0.6 is 11.6 Å². The Bertz CT molecular complexity index is 1600. The number of carbonyl (C=O) groups excluding carboxylic acids is 3. The van der Waals surface area contributed by atoms with E-state index in [9.17, 15) is 14.4 Å². The van der Waals surface area contributed by atoms with E-state index in [1.807, 2.05) is 41.3 Å². The van der Waals surface area contributed by atoms with Crippen LogP contribution in [0.4, 0.5) is 5.69 Å². The van der Waals surface area contributed by atoms with Gasteiger partial charge in [-0.25, -0.2) is 9.97 Å². The highest BCUT2D eigenvalue weighted by molar-refractivity contribution is 6.31. The van der Waals surface area contributed by atoms with Crippen molar-refractivity contribution in [2.45, 2.75) is 63.9 Å². The number of para-hydroxylation sites is 1. The average molecular weight is 677 g/mol. The van der Waals surface area contributed by atoms with E-state index in [-0.39, 0.29) is 42.2 Å². The van der Waals surface area contributed by atoms with Crippen LogP contribution < -0.4 is 25.0 Å². The number of carbonyl (C=O) groups is 3. The molecule has 0 radical (unpaired) electrons. The summed E-state index contributed by atoms with van der Waals surface area (Å²) < 4.78 is 16.8. The summed E-state index contributed by atoms with van der Waals surface area (Å²) in [6.07, 6.45) is 7.32. The van der Waals surface area contributed by atoms with Gasteiger partial charge in [-0.3, -0.25) is 19.3 Å². The van der Waals surface area contributed by atoms with Crippen molar-refractivity contribution in [2.75, 3.05) is 38.3 Å². The van der Waals surface area contributed by atoms with Crippen molar-refractivity contribution in [2.24, 2.45) is 5.92 Å². The van der Waals surface area contributed by atoms with Crippen LogP contribution in [-0.4, -0.2) is 78.1 Å². The fourth-order valence-electron chi connectivity index (χ4n) is 5.71. The van der Waals surface area contributed by atoms with Gasteiger partial charge in [0.25, 0.3) is 0 Å². The van der Waals surface area contributed by atoms with E-state index in [0.717, 1.165) is 48.1 Å². The smallest absolute Gasteiger partial charge is 0.316 e. The van der Waals surface area contributed by atoms with Gasteiger partial charge < -0.3 is 29.7 Å². The zero-order chi connectivity index (χ0) is 33.5. The highest BCUT2D eigenvalue weighted by Crippen LogP contribution is 2.33. The van der Waals surface area contributed by atoms with Crippen LogP contribution in [0.25, 0.3) is 0 Å². The number of benzene rings is 2. The van der Waals surface area contributed by atoms with E-state index in [0.29, 0.717) is 56.6 Å². The quantitative estimate of drug-likeness (QED) is 0.218. The maximum absolute atomic E-state index is 14.1. The number of piperazine rings is 1. The van der Waals surface area contributed by atoms with E-state index in [4.69, 9.17) is 25.8 Å². The van der Waals surface area contributed by atoms with Gasteiger partial charge in [0.15, 0.2) is 0 Å². The van der Waals surface area contributed by atoms with Gasteiger partial charge in [0.2, 0.25) is 17.7 Å². The molecule has 12 nitrogen and oxygen atoms in total. The molecular weight excluding hydrogens is 636 g/mol. The number of aromatic nitrogens is 2. The second-order valence-corrected chi connectivity index (χ2v) is 12.7. The minimum absolute atomic E-state index is 0.0661. The van der Waals surface area contributed by atoms with Crippen molar-refractivity contribution in [3.63, 3.8) is 0 Å². The summed E-state index contributed by atoms with van der Waals surface area (Å²) in [4.78, 5) is 51.4. The molecule has 2 aliphatic carbocycles. The predicted octanol–water partition coefficient (Wildman–Crippen LogP) is 3.65. The topological polar surface area (TPSA) is 135 Å². The Hall–Kier alpha value is -4.26. The monoisotopic (exact) mass is 676 g/mol. The number of halogens is 1. The average Bonchev–Trinajstić information content (AvgIpc) is 4.03. The van der Waals surface area contributed by atoms with Crippen LogP contribution in [0.15, 0.2) is 54.9 Å². The number of rotatable bonds is 16. The summed E-state index contributed by atoms with van der Waals surface area (Å²) in [5.74, 6) is 0.576. The predicted molar refractivity (Wildman–Crippen MR) is 179 cm³/mol. The molecule has 2 aromatic carbocycles. The van der Waals surface area contributed by atoms with Gasteiger partial charge in [-0.1, -0.05) is 41.9 Å². The summed E-state index contributed by atoms with van der Waals surface area (Å²) in [7, 11) is 1.63. The molecule has 1 atom stereocenters. The maximum Gasteiger partial charge on any atom is 0.316 e.